The Labute approximate surface area is 146 Å². The predicted octanol–water partition coefficient (Wildman–Crippen LogP) is 5.82. The minimum atomic E-state index is -0.0745. The Bertz CT molecular complexity index is 1010. The molecule has 2 nitrogen and oxygen atoms in total. The topological polar surface area (TPSA) is 30.2 Å². The molecule has 122 valence electrons. The summed E-state index contributed by atoms with van der Waals surface area (Å²) in [6.45, 7) is 2.12. The van der Waals surface area contributed by atoms with Gasteiger partial charge in [0.05, 0.1) is 0 Å². The van der Waals surface area contributed by atoms with Gasteiger partial charge in [-0.1, -0.05) is 85.8 Å². The molecule has 0 aliphatic carbocycles. The minimum absolute atomic E-state index is 0.0625. The molecule has 1 heterocycles. The lowest BCUT2D eigenvalue weighted by Crippen LogP contribution is -2.06. The van der Waals surface area contributed by atoms with Crippen molar-refractivity contribution in [2.75, 3.05) is 0 Å². The molecule has 1 unspecified atom stereocenters. The van der Waals surface area contributed by atoms with Gasteiger partial charge >= 0.3 is 0 Å². The summed E-state index contributed by atoms with van der Waals surface area (Å²) in [4.78, 5) is 13.1. The molecule has 0 saturated carbocycles. The number of para-hydroxylation sites is 1. The highest BCUT2D eigenvalue weighted by Gasteiger charge is 2.25. The lowest BCUT2D eigenvalue weighted by molar-refractivity contribution is 0.101. The van der Waals surface area contributed by atoms with Gasteiger partial charge in [-0.3, -0.25) is 4.79 Å². The number of benzene rings is 3. The van der Waals surface area contributed by atoms with E-state index in [0.29, 0.717) is 11.3 Å². The van der Waals surface area contributed by atoms with E-state index in [0.717, 1.165) is 22.1 Å². The van der Waals surface area contributed by atoms with Crippen LogP contribution in [-0.4, -0.2) is 5.78 Å². The van der Waals surface area contributed by atoms with Crippen LogP contribution in [-0.2, 0) is 0 Å². The van der Waals surface area contributed by atoms with Gasteiger partial charge in [0, 0.05) is 22.4 Å². The van der Waals surface area contributed by atoms with E-state index in [2.05, 4.69) is 19.1 Å². The Morgan fingerprint density at radius 2 is 1.40 bits per heavy atom. The van der Waals surface area contributed by atoms with Crippen LogP contribution in [0.25, 0.3) is 11.0 Å². The number of carbonyl (C=O) groups excluding carboxylic acids is 1. The lowest BCUT2D eigenvalue weighted by atomic mass is 9.89. The first-order valence-electron chi connectivity index (χ1n) is 8.42. The summed E-state index contributed by atoms with van der Waals surface area (Å²) in [5, 5.41) is 0.998. The van der Waals surface area contributed by atoms with Crippen LogP contribution in [0.5, 0.6) is 0 Å². The number of hydrogen-bond acceptors (Lipinski definition) is 2. The predicted molar refractivity (Wildman–Crippen MR) is 100 cm³/mol. The minimum Gasteiger partial charge on any atom is -0.452 e. The first kappa shape index (κ1) is 15.4. The fourth-order valence-corrected chi connectivity index (χ4v) is 3.29. The van der Waals surface area contributed by atoms with Gasteiger partial charge in [-0.25, -0.2) is 0 Å². The largest absolute Gasteiger partial charge is 0.452 e. The Morgan fingerprint density at radius 3 is 2.12 bits per heavy atom. The van der Waals surface area contributed by atoms with Gasteiger partial charge in [0.2, 0.25) is 5.78 Å². The molecule has 4 rings (SSSR count). The summed E-state index contributed by atoms with van der Waals surface area (Å²) in [5.41, 5.74) is 3.51. The number of hydrogen-bond donors (Lipinski definition) is 0. The summed E-state index contributed by atoms with van der Waals surface area (Å²) >= 11 is 0. The zero-order chi connectivity index (χ0) is 17.2. The van der Waals surface area contributed by atoms with Crippen molar-refractivity contribution in [2.45, 2.75) is 12.8 Å². The maximum absolute atomic E-state index is 13.1. The first-order valence-corrected chi connectivity index (χ1v) is 8.42. The number of carbonyl (C=O) groups is 1. The maximum Gasteiger partial charge on any atom is 0.228 e. The number of rotatable bonds is 4. The Balaban J connectivity index is 1.91. The number of furan rings is 1. The van der Waals surface area contributed by atoms with E-state index in [4.69, 9.17) is 4.42 Å². The molecule has 4 aromatic rings. The normalized spacial score (nSPS) is 12.2. The second kappa shape index (κ2) is 6.40. The molecule has 25 heavy (non-hydrogen) atoms. The molecule has 2 heteroatoms. The molecule has 3 aromatic carbocycles. The van der Waals surface area contributed by atoms with E-state index in [1.54, 1.807) is 0 Å². The summed E-state index contributed by atoms with van der Waals surface area (Å²) in [7, 11) is 0. The first-order chi connectivity index (χ1) is 12.3. The second-order valence-corrected chi connectivity index (χ2v) is 6.17. The van der Waals surface area contributed by atoms with Crippen molar-refractivity contribution in [2.24, 2.45) is 0 Å². The summed E-state index contributed by atoms with van der Waals surface area (Å²) in [5.74, 6) is 0.422. The zero-order valence-electron chi connectivity index (χ0n) is 14.0. The third-order valence-corrected chi connectivity index (χ3v) is 4.61. The van der Waals surface area contributed by atoms with Gasteiger partial charge in [0.1, 0.15) is 5.58 Å². The summed E-state index contributed by atoms with van der Waals surface area (Å²) in [6, 6.07) is 27.4. The van der Waals surface area contributed by atoms with E-state index in [1.807, 2.05) is 72.8 Å². The van der Waals surface area contributed by atoms with Crippen LogP contribution in [0.1, 0.15) is 40.1 Å². The maximum atomic E-state index is 13.1. The molecule has 0 amide bonds. The van der Waals surface area contributed by atoms with Crippen LogP contribution in [0.15, 0.2) is 89.3 Å². The molecule has 1 aromatic heterocycles. The van der Waals surface area contributed by atoms with E-state index in [9.17, 15) is 4.79 Å². The molecule has 0 spiro atoms. The molecule has 1 atom stereocenters. The third-order valence-electron chi connectivity index (χ3n) is 4.61. The SMILES string of the molecule is CC(c1ccccc1)c1c(C(=O)c2ccccc2)oc2ccccc12. The quantitative estimate of drug-likeness (QED) is 0.443. The van der Waals surface area contributed by atoms with Crippen LogP contribution in [0.4, 0.5) is 0 Å². The van der Waals surface area contributed by atoms with E-state index >= 15 is 0 Å². The van der Waals surface area contributed by atoms with Crippen LogP contribution in [0, 0.1) is 0 Å². The molecule has 0 radical (unpaired) electrons. The van der Waals surface area contributed by atoms with Gasteiger partial charge in [-0.2, -0.15) is 0 Å². The molecule has 0 aliphatic heterocycles. The molecule has 0 saturated heterocycles. The molecule has 0 aliphatic rings. The molecular formula is C23H18O2. The standard InChI is InChI=1S/C23H18O2/c1-16(17-10-4-2-5-11-17)21-19-14-8-9-15-20(19)25-23(21)22(24)18-12-6-3-7-13-18/h2-16H,1H3. The van der Waals surface area contributed by atoms with E-state index < -0.39 is 0 Å². The van der Waals surface area contributed by atoms with Gasteiger partial charge < -0.3 is 4.42 Å². The van der Waals surface area contributed by atoms with Gasteiger partial charge in [-0.15, -0.1) is 0 Å². The van der Waals surface area contributed by atoms with Crippen LogP contribution in [0.2, 0.25) is 0 Å². The fraction of sp³-hybridized carbons (Fsp3) is 0.0870. The highest BCUT2D eigenvalue weighted by atomic mass is 16.3. The van der Waals surface area contributed by atoms with Gasteiger partial charge in [0.15, 0.2) is 5.76 Å². The smallest absolute Gasteiger partial charge is 0.228 e. The molecule has 0 bridgehead atoms. The van der Waals surface area contributed by atoms with Crippen molar-refractivity contribution in [1.29, 1.82) is 0 Å². The third kappa shape index (κ3) is 2.76. The Kier molecular flexibility index (Phi) is 3.95. The van der Waals surface area contributed by atoms with Crippen molar-refractivity contribution in [3.8, 4) is 0 Å². The Hall–Kier alpha value is -3.13. The molecular weight excluding hydrogens is 308 g/mol. The fourth-order valence-electron chi connectivity index (χ4n) is 3.29. The average Bonchev–Trinajstić information content (AvgIpc) is 3.07. The van der Waals surface area contributed by atoms with Crippen molar-refractivity contribution < 1.29 is 9.21 Å². The van der Waals surface area contributed by atoms with Crippen molar-refractivity contribution >= 4 is 16.8 Å². The molecule has 0 fully saturated rings. The number of fused-ring (bicyclic) bond motifs is 1. The summed E-state index contributed by atoms with van der Waals surface area (Å²) in [6.07, 6.45) is 0. The van der Waals surface area contributed by atoms with Gasteiger partial charge in [-0.05, 0) is 11.6 Å². The average molecular weight is 326 g/mol. The van der Waals surface area contributed by atoms with Crippen LogP contribution in [0.3, 0.4) is 0 Å². The second-order valence-electron chi connectivity index (χ2n) is 6.17. The highest BCUT2D eigenvalue weighted by molar-refractivity contribution is 6.10. The van der Waals surface area contributed by atoms with Crippen LogP contribution >= 0.6 is 0 Å². The van der Waals surface area contributed by atoms with Gasteiger partial charge in [0.25, 0.3) is 0 Å². The Morgan fingerprint density at radius 1 is 0.800 bits per heavy atom. The van der Waals surface area contributed by atoms with E-state index in [1.165, 1.54) is 0 Å². The lowest BCUT2D eigenvalue weighted by Gasteiger charge is -2.12. The van der Waals surface area contributed by atoms with E-state index in [-0.39, 0.29) is 11.7 Å². The highest BCUT2D eigenvalue weighted by Crippen LogP contribution is 2.36. The molecule has 0 N–H and O–H groups in total. The van der Waals surface area contributed by atoms with Crippen molar-refractivity contribution in [3.05, 3.63) is 107 Å². The monoisotopic (exact) mass is 326 g/mol. The summed E-state index contributed by atoms with van der Waals surface area (Å²) < 4.78 is 6.01. The number of ketones is 1. The van der Waals surface area contributed by atoms with Crippen molar-refractivity contribution in [1.82, 2.24) is 0 Å². The zero-order valence-corrected chi connectivity index (χ0v) is 14.0. The van der Waals surface area contributed by atoms with Crippen LogP contribution < -0.4 is 0 Å². The van der Waals surface area contributed by atoms with Crippen molar-refractivity contribution in [3.63, 3.8) is 0 Å².